The van der Waals surface area contributed by atoms with Crippen LogP contribution < -0.4 is 5.32 Å². The molecule has 4 rings (SSSR count). The zero-order valence-corrected chi connectivity index (χ0v) is 20.7. The van der Waals surface area contributed by atoms with Crippen LogP contribution in [-0.4, -0.2) is 52.9 Å². The summed E-state index contributed by atoms with van der Waals surface area (Å²) in [6.45, 7) is 4.40. The van der Waals surface area contributed by atoms with Crippen LogP contribution in [-0.2, 0) is 33.9 Å². The van der Waals surface area contributed by atoms with Crippen LogP contribution in [0.4, 0.5) is 4.79 Å². The van der Waals surface area contributed by atoms with Gasteiger partial charge in [-0.2, -0.15) is 0 Å². The number of hydrogen-bond donors (Lipinski definition) is 1. The number of benzene rings is 3. The smallest absolute Gasteiger partial charge is 0.408 e. The van der Waals surface area contributed by atoms with Crippen molar-refractivity contribution < 1.29 is 19.1 Å². The average Bonchev–Trinajstić information content (AvgIpc) is 3.01. The van der Waals surface area contributed by atoms with Gasteiger partial charge < -0.3 is 19.9 Å². The Bertz CT molecular complexity index is 1200. The molecule has 190 valence electrons. The summed E-state index contributed by atoms with van der Waals surface area (Å²) in [5.41, 5.74) is 2.71. The van der Waals surface area contributed by atoms with E-state index >= 15 is 0 Å². The van der Waals surface area contributed by atoms with E-state index in [1.807, 2.05) is 91.0 Å². The number of alkyl carbamates (subject to hydrolysis) is 1. The molecule has 0 unspecified atom stereocenters. The van der Waals surface area contributed by atoms with Gasteiger partial charge in [-0.3, -0.25) is 9.59 Å². The van der Waals surface area contributed by atoms with Crippen molar-refractivity contribution in [3.63, 3.8) is 0 Å². The molecule has 3 aromatic carbocycles. The van der Waals surface area contributed by atoms with E-state index in [0.717, 1.165) is 16.7 Å². The Hall–Kier alpha value is -4.39. The molecule has 1 saturated heterocycles. The molecule has 3 amide bonds. The van der Waals surface area contributed by atoms with Gasteiger partial charge in [-0.15, -0.1) is 6.58 Å². The van der Waals surface area contributed by atoms with Crippen molar-refractivity contribution in [3.05, 3.63) is 120 Å². The Morgan fingerprint density at radius 3 is 2.03 bits per heavy atom. The molecule has 1 heterocycles. The molecule has 1 fully saturated rings. The summed E-state index contributed by atoms with van der Waals surface area (Å²) >= 11 is 0. The van der Waals surface area contributed by atoms with Crippen molar-refractivity contribution in [1.29, 1.82) is 0 Å². The summed E-state index contributed by atoms with van der Waals surface area (Å²) in [4.78, 5) is 43.5. The Kier molecular flexibility index (Phi) is 8.70. The van der Waals surface area contributed by atoms with E-state index in [-0.39, 0.29) is 31.5 Å². The highest BCUT2D eigenvalue weighted by Gasteiger charge is 2.41. The molecule has 3 aromatic rings. The van der Waals surface area contributed by atoms with E-state index in [1.54, 1.807) is 11.0 Å². The molecule has 37 heavy (non-hydrogen) atoms. The van der Waals surface area contributed by atoms with Crippen LogP contribution in [0.15, 0.2) is 104 Å². The number of rotatable bonds is 9. The third-order valence-corrected chi connectivity index (χ3v) is 6.28. The molecule has 1 N–H and O–H groups in total. The Balaban J connectivity index is 1.59. The minimum Gasteiger partial charge on any atom is -0.445 e. The van der Waals surface area contributed by atoms with E-state index in [1.165, 1.54) is 4.90 Å². The maximum atomic E-state index is 13.9. The van der Waals surface area contributed by atoms with Crippen molar-refractivity contribution in [2.24, 2.45) is 0 Å². The van der Waals surface area contributed by atoms with Crippen molar-refractivity contribution in [1.82, 2.24) is 15.1 Å². The first kappa shape index (κ1) is 25.7. The first-order valence-electron chi connectivity index (χ1n) is 12.3. The Morgan fingerprint density at radius 2 is 1.43 bits per heavy atom. The maximum absolute atomic E-state index is 13.9. The monoisotopic (exact) mass is 497 g/mol. The second-order valence-corrected chi connectivity index (χ2v) is 8.95. The number of carbonyl (C=O) groups excluding carboxylic acids is 3. The predicted molar refractivity (Wildman–Crippen MR) is 141 cm³/mol. The molecule has 1 aliphatic rings. The zero-order chi connectivity index (χ0) is 26.0. The van der Waals surface area contributed by atoms with Crippen LogP contribution in [0.2, 0.25) is 0 Å². The average molecular weight is 498 g/mol. The number of hydrogen-bond acceptors (Lipinski definition) is 4. The van der Waals surface area contributed by atoms with E-state index < -0.39 is 18.2 Å². The van der Waals surface area contributed by atoms with Crippen molar-refractivity contribution >= 4 is 17.9 Å². The number of amides is 3. The minimum atomic E-state index is -0.961. The van der Waals surface area contributed by atoms with Crippen LogP contribution in [0.1, 0.15) is 16.7 Å². The summed E-state index contributed by atoms with van der Waals surface area (Å²) in [6.07, 6.45) is 1.24. The van der Waals surface area contributed by atoms with Crippen molar-refractivity contribution in [2.75, 3.05) is 13.1 Å². The van der Waals surface area contributed by atoms with E-state index in [9.17, 15) is 14.4 Å². The molecule has 0 bridgehead atoms. The quantitative estimate of drug-likeness (QED) is 0.454. The van der Waals surface area contributed by atoms with Gasteiger partial charge in [0.05, 0.1) is 6.54 Å². The van der Waals surface area contributed by atoms with Gasteiger partial charge >= 0.3 is 6.09 Å². The maximum Gasteiger partial charge on any atom is 0.408 e. The first-order valence-corrected chi connectivity index (χ1v) is 12.3. The van der Waals surface area contributed by atoms with Crippen LogP contribution in [0, 0.1) is 0 Å². The number of nitrogens with one attached hydrogen (secondary N) is 1. The molecule has 0 radical (unpaired) electrons. The summed E-state index contributed by atoms with van der Waals surface area (Å²) in [7, 11) is 0. The molecule has 0 spiro atoms. The number of carbonyl (C=O) groups is 3. The fraction of sp³-hybridized carbons (Fsp3) is 0.233. The second-order valence-electron chi connectivity index (χ2n) is 8.95. The van der Waals surface area contributed by atoms with Crippen LogP contribution >= 0.6 is 0 Å². The number of nitrogens with zero attached hydrogens (tertiary/aromatic N) is 2. The Morgan fingerprint density at radius 1 is 0.865 bits per heavy atom. The lowest BCUT2D eigenvalue weighted by Crippen LogP contribution is -2.52. The van der Waals surface area contributed by atoms with Gasteiger partial charge in [0.2, 0.25) is 11.8 Å². The summed E-state index contributed by atoms with van der Waals surface area (Å²) in [5, 5.41) is 2.71. The lowest BCUT2D eigenvalue weighted by molar-refractivity contribution is -0.141. The number of ether oxygens (including phenoxy) is 1. The molecule has 7 nitrogen and oxygen atoms in total. The van der Waals surface area contributed by atoms with Gasteiger partial charge in [0.1, 0.15) is 18.7 Å². The molecule has 0 aromatic heterocycles. The third kappa shape index (κ3) is 6.85. The minimum absolute atomic E-state index is 0.0337. The third-order valence-electron chi connectivity index (χ3n) is 6.28. The highest BCUT2D eigenvalue weighted by atomic mass is 16.5. The van der Waals surface area contributed by atoms with Crippen LogP contribution in [0.5, 0.6) is 0 Å². The lowest BCUT2D eigenvalue weighted by Gasteiger charge is -2.30. The standard InChI is InChI=1S/C30H31N3O4/c1-2-18-33-27(19-23-12-6-3-7-13-23)29(35)32(20-24-14-8-4-9-15-24)21-26(28(33)34)31-30(36)37-22-25-16-10-5-11-17-25/h2-17,26-27H,1,18-22H2,(H,31,36)/t26-,27-/m0/s1. The second kappa shape index (κ2) is 12.5. The summed E-state index contributed by atoms with van der Waals surface area (Å²) < 4.78 is 5.37. The predicted octanol–water partition coefficient (Wildman–Crippen LogP) is 3.95. The van der Waals surface area contributed by atoms with E-state index in [0.29, 0.717) is 13.0 Å². The topological polar surface area (TPSA) is 79.0 Å². The SMILES string of the molecule is C=CCN1C(=O)[C@@H](NC(=O)OCc2ccccc2)CN(Cc2ccccc2)C(=O)[C@@H]1Cc1ccccc1. The zero-order valence-electron chi connectivity index (χ0n) is 20.7. The summed E-state index contributed by atoms with van der Waals surface area (Å²) in [5.74, 6) is -0.522. The van der Waals surface area contributed by atoms with Gasteiger partial charge in [-0.25, -0.2) is 4.79 Å². The molecule has 1 aliphatic heterocycles. The fourth-order valence-corrected chi connectivity index (χ4v) is 4.44. The summed E-state index contributed by atoms with van der Waals surface area (Å²) in [6, 6.07) is 26.8. The van der Waals surface area contributed by atoms with Gasteiger partial charge in [-0.05, 0) is 16.7 Å². The van der Waals surface area contributed by atoms with Crippen molar-refractivity contribution in [2.45, 2.75) is 31.7 Å². The fourth-order valence-electron chi connectivity index (χ4n) is 4.44. The van der Waals surface area contributed by atoms with E-state index in [4.69, 9.17) is 4.74 Å². The first-order chi connectivity index (χ1) is 18.0. The normalized spacial score (nSPS) is 17.7. The molecule has 2 atom stereocenters. The molecular weight excluding hydrogens is 466 g/mol. The van der Waals surface area contributed by atoms with E-state index in [2.05, 4.69) is 11.9 Å². The van der Waals surface area contributed by atoms with Crippen molar-refractivity contribution in [3.8, 4) is 0 Å². The molecule has 0 saturated carbocycles. The van der Waals surface area contributed by atoms with Gasteiger partial charge in [0, 0.05) is 19.5 Å². The highest BCUT2D eigenvalue weighted by Crippen LogP contribution is 2.20. The molecular formula is C30H31N3O4. The lowest BCUT2D eigenvalue weighted by atomic mass is 10.0. The molecule has 7 heteroatoms. The van der Waals surface area contributed by atoms with Crippen LogP contribution in [0.3, 0.4) is 0 Å². The Labute approximate surface area is 217 Å². The van der Waals surface area contributed by atoms with Crippen LogP contribution in [0.25, 0.3) is 0 Å². The van der Waals surface area contributed by atoms with Gasteiger partial charge in [-0.1, -0.05) is 97.1 Å². The highest BCUT2D eigenvalue weighted by molar-refractivity contribution is 5.94. The largest absolute Gasteiger partial charge is 0.445 e. The van der Waals surface area contributed by atoms with Gasteiger partial charge in [0.25, 0.3) is 0 Å². The van der Waals surface area contributed by atoms with Gasteiger partial charge in [0.15, 0.2) is 0 Å². The molecule has 0 aliphatic carbocycles.